The van der Waals surface area contributed by atoms with Crippen molar-refractivity contribution < 1.29 is 4.74 Å². The van der Waals surface area contributed by atoms with Crippen molar-refractivity contribution >= 4 is 5.69 Å². The predicted molar refractivity (Wildman–Crippen MR) is 98.5 cm³/mol. The van der Waals surface area contributed by atoms with Crippen LogP contribution in [0.4, 0.5) is 5.69 Å². The third kappa shape index (κ3) is 4.71. The van der Waals surface area contributed by atoms with E-state index in [9.17, 15) is 0 Å². The van der Waals surface area contributed by atoms with E-state index in [1.165, 1.54) is 5.56 Å². The Kier molecular flexibility index (Phi) is 5.86. The van der Waals surface area contributed by atoms with Crippen molar-refractivity contribution in [2.45, 2.75) is 32.4 Å². The normalized spacial score (nSPS) is 15.5. The fraction of sp³-hybridized carbons (Fsp3) is 0.400. The largest absolute Gasteiger partial charge is 0.492 e. The number of aromatic nitrogens is 1. The maximum atomic E-state index is 9.13. The highest BCUT2D eigenvalue weighted by Gasteiger charge is 2.20. The van der Waals surface area contributed by atoms with Crippen LogP contribution in [0.25, 0.3) is 0 Å². The van der Waals surface area contributed by atoms with E-state index >= 15 is 0 Å². The van der Waals surface area contributed by atoms with Gasteiger partial charge in [0.2, 0.25) is 0 Å². The molecule has 1 aromatic heterocycles. The van der Waals surface area contributed by atoms with E-state index in [4.69, 9.17) is 10.00 Å². The van der Waals surface area contributed by atoms with Gasteiger partial charge < -0.3 is 10.1 Å². The van der Waals surface area contributed by atoms with Gasteiger partial charge in [-0.15, -0.1) is 0 Å². The van der Waals surface area contributed by atoms with Crippen LogP contribution in [-0.4, -0.2) is 35.6 Å². The summed E-state index contributed by atoms with van der Waals surface area (Å²) in [6, 6.07) is 12.3. The molecule has 1 fully saturated rings. The third-order valence-corrected chi connectivity index (χ3v) is 4.51. The van der Waals surface area contributed by atoms with Crippen molar-refractivity contribution in [3.63, 3.8) is 0 Å². The van der Waals surface area contributed by atoms with Crippen molar-refractivity contribution in [3.8, 4) is 11.8 Å². The second-order valence-electron chi connectivity index (χ2n) is 6.31. The molecule has 3 rings (SSSR count). The average molecular weight is 336 g/mol. The Hall–Kier alpha value is -2.58. The predicted octanol–water partition coefficient (Wildman–Crippen LogP) is 3.43. The first-order valence-corrected chi connectivity index (χ1v) is 8.83. The molecule has 1 saturated heterocycles. The minimum atomic E-state index is 0.404. The highest BCUT2D eigenvalue weighted by molar-refractivity contribution is 5.60. The minimum absolute atomic E-state index is 0.404. The maximum absolute atomic E-state index is 9.13. The van der Waals surface area contributed by atoms with Gasteiger partial charge in [0, 0.05) is 38.1 Å². The Balaban J connectivity index is 1.58. The summed E-state index contributed by atoms with van der Waals surface area (Å²) in [6.45, 7) is 5.68. The van der Waals surface area contributed by atoms with Gasteiger partial charge in [-0.05, 0) is 55.7 Å². The molecule has 0 atom stereocenters. The zero-order valence-corrected chi connectivity index (χ0v) is 14.6. The van der Waals surface area contributed by atoms with Crippen LogP contribution < -0.4 is 10.1 Å². The molecule has 5 heteroatoms. The number of hydrogen-bond donors (Lipinski definition) is 1. The first-order chi connectivity index (χ1) is 12.3. The Morgan fingerprint density at radius 3 is 2.68 bits per heavy atom. The fourth-order valence-electron chi connectivity index (χ4n) is 3.20. The second kappa shape index (κ2) is 8.50. The van der Waals surface area contributed by atoms with Gasteiger partial charge in [-0.3, -0.25) is 9.88 Å². The molecule has 1 N–H and O–H groups in total. The molecular formula is C20H24N4O. The molecule has 5 nitrogen and oxygen atoms in total. The lowest BCUT2D eigenvalue weighted by Crippen LogP contribution is -2.38. The summed E-state index contributed by atoms with van der Waals surface area (Å²) in [5.41, 5.74) is 2.89. The zero-order chi connectivity index (χ0) is 17.5. The van der Waals surface area contributed by atoms with Gasteiger partial charge in [0.05, 0.1) is 23.9 Å². The molecule has 0 spiro atoms. The summed E-state index contributed by atoms with van der Waals surface area (Å²) in [5, 5.41) is 12.7. The molecule has 0 bridgehead atoms. The molecule has 2 aromatic rings. The monoisotopic (exact) mass is 336 g/mol. The lowest BCUT2D eigenvalue weighted by molar-refractivity contribution is 0.211. The van der Waals surface area contributed by atoms with E-state index in [2.05, 4.69) is 33.4 Å². The van der Waals surface area contributed by atoms with Gasteiger partial charge >= 0.3 is 0 Å². The van der Waals surface area contributed by atoms with E-state index < -0.39 is 0 Å². The lowest BCUT2D eigenvalue weighted by atomic mass is 10.0. The van der Waals surface area contributed by atoms with Crippen LogP contribution in [0.5, 0.6) is 5.75 Å². The van der Waals surface area contributed by atoms with Gasteiger partial charge in [0.15, 0.2) is 0 Å². The second-order valence-corrected chi connectivity index (χ2v) is 6.31. The quantitative estimate of drug-likeness (QED) is 0.876. The van der Waals surface area contributed by atoms with Crippen molar-refractivity contribution in [1.82, 2.24) is 9.88 Å². The standard InChI is InChI=1S/C20H24N4O/c1-2-25-20-4-3-17(14-21)13-19(20)23-18-7-11-24(12-8-18)15-16-5-9-22-10-6-16/h3-6,9-10,13,18,23H,2,7-8,11-12,15H2,1H3. The van der Waals surface area contributed by atoms with E-state index in [1.54, 1.807) is 6.07 Å². The Morgan fingerprint density at radius 1 is 1.24 bits per heavy atom. The fourth-order valence-corrected chi connectivity index (χ4v) is 3.20. The average Bonchev–Trinajstić information content (AvgIpc) is 2.66. The van der Waals surface area contributed by atoms with E-state index in [0.717, 1.165) is 43.9 Å². The Bertz CT molecular complexity index is 718. The maximum Gasteiger partial charge on any atom is 0.142 e. The van der Waals surface area contributed by atoms with Crippen LogP contribution in [0.2, 0.25) is 0 Å². The van der Waals surface area contributed by atoms with Crippen molar-refractivity contribution in [3.05, 3.63) is 53.9 Å². The number of likely N-dealkylation sites (tertiary alicyclic amines) is 1. The highest BCUT2D eigenvalue weighted by atomic mass is 16.5. The van der Waals surface area contributed by atoms with Gasteiger partial charge in [-0.2, -0.15) is 5.26 Å². The molecule has 0 unspecified atom stereocenters. The number of benzene rings is 1. The smallest absolute Gasteiger partial charge is 0.142 e. The summed E-state index contributed by atoms with van der Waals surface area (Å²) < 4.78 is 5.69. The van der Waals surface area contributed by atoms with Crippen molar-refractivity contribution in [2.24, 2.45) is 0 Å². The summed E-state index contributed by atoms with van der Waals surface area (Å²) in [7, 11) is 0. The van der Waals surface area contributed by atoms with Crippen LogP contribution in [-0.2, 0) is 6.54 Å². The van der Waals surface area contributed by atoms with Crippen LogP contribution in [0.1, 0.15) is 30.9 Å². The van der Waals surface area contributed by atoms with Gasteiger partial charge in [0.25, 0.3) is 0 Å². The highest BCUT2D eigenvalue weighted by Crippen LogP contribution is 2.28. The topological polar surface area (TPSA) is 61.2 Å². The van der Waals surface area contributed by atoms with Gasteiger partial charge in [0.1, 0.15) is 5.75 Å². The molecule has 1 aliphatic rings. The number of nitriles is 1. The minimum Gasteiger partial charge on any atom is -0.492 e. The molecule has 130 valence electrons. The molecule has 2 heterocycles. The number of hydrogen-bond acceptors (Lipinski definition) is 5. The molecule has 0 saturated carbocycles. The Morgan fingerprint density at radius 2 is 2.00 bits per heavy atom. The first kappa shape index (κ1) is 17.2. The third-order valence-electron chi connectivity index (χ3n) is 4.51. The summed E-state index contributed by atoms with van der Waals surface area (Å²) in [4.78, 5) is 6.55. The number of rotatable bonds is 6. The Labute approximate surface area is 149 Å². The summed E-state index contributed by atoms with van der Waals surface area (Å²) in [6.07, 6.45) is 5.85. The number of nitrogens with zero attached hydrogens (tertiary/aromatic N) is 3. The molecule has 0 aliphatic carbocycles. The molecular weight excluding hydrogens is 312 g/mol. The number of ether oxygens (including phenoxy) is 1. The van der Waals surface area contributed by atoms with Gasteiger partial charge in [-0.1, -0.05) is 0 Å². The van der Waals surface area contributed by atoms with Crippen LogP contribution >= 0.6 is 0 Å². The molecule has 0 amide bonds. The zero-order valence-electron chi connectivity index (χ0n) is 14.6. The van der Waals surface area contributed by atoms with Crippen LogP contribution in [0.15, 0.2) is 42.7 Å². The molecule has 1 aliphatic heterocycles. The first-order valence-electron chi connectivity index (χ1n) is 8.83. The van der Waals surface area contributed by atoms with Gasteiger partial charge in [-0.25, -0.2) is 0 Å². The van der Waals surface area contributed by atoms with Crippen molar-refractivity contribution in [2.75, 3.05) is 25.0 Å². The van der Waals surface area contributed by atoms with E-state index in [0.29, 0.717) is 18.2 Å². The number of nitrogens with one attached hydrogen (secondary N) is 1. The van der Waals surface area contributed by atoms with E-state index in [-0.39, 0.29) is 0 Å². The lowest BCUT2D eigenvalue weighted by Gasteiger charge is -2.33. The molecule has 1 aromatic carbocycles. The molecule has 25 heavy (non-hydrogen) atoms. The summed E-state index contributed by atoms with van der Waals surface area (Å²) in [5.74, 6) is 0.820. The number of piperidine rings is 1. The van der Waals surface area contributed by atoms with E-state index in [1.807, 2.05) is 31.5 Å². The molecule has 0 radical (unpaired) electrons. The summed E-state index contributed by atoms with van der Waals surface area (Å²) >= 11 is 0. The van der Waals surface area contributed by atoms with Crippen LogP contribution in [0.3, 0.4) is 0 Å². The van der Waals surface area contributed by atoms with Crippen LogP contribution in [0, 0.1) is 11.3 Å². The SMILES string of the molecule is CCOc1ccc(C#N)cc1NC1CCN(Cc2ccncc2)CC1. The van der Waals surface area contributed by atoms with Crippen molar-refractivity contribution in [1.29, 1.82) is 5.26 Å². The number of anilines is 1. The number of pyridine rings is 1.